The highest BCUT2D eigenvalue weighted by Crippen LogP contribution is 2.49. The minimum Gasteiger partial charge on any atom is -0.320 e. The summed E-state index contributed by atoms with van der Waals surface area (Å²) in [5, 5.41) is 7.20. The molecule has 0 aliphatic carbocycles. The second-order valence-corrected chi connectivity index (χ2v) is 12.9. The fourth-order valence-corrected chi connectivity index (χ4v) is 8.58. The van der Waals surface area contributed by atoms with Crippen molar-refractivity contribution in [3.05, 3.63) is 69.5 Å². The van der Waals surface area contributed by atoms with E-state index in [1.165, 1.54) is 49.8 Å². The van der Waals surface area contributed by atoms with Crippen LogP contribution in [0.4, 0.5) is 0 Å². The first-order valence-corrected chi connectivity index (χ1v) is 16.0. The van der Waals surface area contributed by atoms with Crippen molar-refractivity contribution in [1.82, 2.24) is 39.9 Å². The molecule has 4 saturated heterocycles. The number of hydrogen-bond acceptors (Lipinski definition) is 7. The molecule has 0 saturated carbocycles. The van der Waals surface area contributed by atoms with Crippen LogP contribution in [-0.2, 0) is 6.42 Å². The number of aromatic amines is 2. The number of H-pyrrole nitrogens is 2. The van der Waals surface area contributed by atoms with Gasteiger partial charge in [0.25, 0.3) is 5.56 Å². The van der Waals surface area contributed by atoms with E-state index < -0.39 is 0 Å². The lowest BCUT2D eigenvalue weighted by Gasteiger charge is -2.59. The van der Waals surface area contributed by atoms with E-state index in [2.05, 4.69) is 60.6 Å². The molecule has 218 valence electrons. The van der Waals surface area contributed by atoms with Crippen LogP contribution in [0.15, 0.2) is 41.5 Å². The van der Waals surface area contributed by atoms with Gasteiger partial charge >= 0.3 is 0 Å². The summed E-state index contributed by atoms with van der Waals surface area (Å²) < 4.78 is 0. The zero-order valence-electron chi connectivity index (χ0n) is 24.6. The number of fused-ring (bicyclic) bond motifs is 3. The van der Waals surface area contributed by atoms with E-state index in [0.717, 1.165) is 53.5 Å². The number of aryl methyl sites for hydroxylation is 2. The number of nitrogens with one attached hydrogen (secondary N) is 2. The van der Waals surface area contributed by atoms with Crippen LogP contribution in [-0.4, -0.2) is 77.2 Å². The Morgan fingerprint density at radius 3 is 2.57 bits per heavy atom. The summed E-state index contributed by atoms with van der Waals surface area (Å²) in [6, 6.07) is 10.8. The van der Waals surface area contributed by atoms with E-state index in [9.17, 15) is 4.79 Å². The van der Waals surface area contributed by atoms with Crippen molar-refractivity contribution in [2.24, 2.45) is 0 Å². The Labute approximate surface area is 246 Å². The Kier molecular flexibility index (Phi) is 6.48. The zero-order chi connectivity index (χ0) is 28.4. The molecule has 9 nitrogen and oxygen atoms in total. The molecule has 4 aliphatic rings. The summed E-state index contributed by atoms with van der Waals surface area (Å²) in [4.78, 5) is 35.6. The molecule has 4 unspecified atom stereocenters. The molecule has 2 N–H and O–H groups in total. The van der Waals surface area contributed by atoms with E-state index in [1.807, 2.05) is 19.9 Å². The van der Waals surface area contributed by atoms with Gasteiger partial charge < -0.3 is 4.98 Å². The van der Waals surface area contributed by atoms with Crippen molar-refractivity contribution >= 4 is 11.0 Å². The molecular weight excluding hydrogens is 524 g/mol. The molecule has 8 heterocycles. The molecule has 0 bridgehead atoms. The first-order valence-electron chi connectivity index (χ1n) is 16.0. The van der Waals surface area contributed by atoms with E-state index in [4.69, 9.17) is 9.97 Å². The highest BCUT2D eigenvalue weighted by atomic mass is 16.1. The van der Waals surface area contributed by atoms with Crippen LogP contribution in [0.2, 0.25) is 0 Å². The normalized spacial score (nSPS) is 28.5. The van der Waals surface area contributed by atoms with Gasteiger partial charge in [-0.05, 0) is 81.2 Å². The first kappa shape index (κ1) is 26.2. The summed E-state index contributed by atoms with van der Waals surface area (Å²) in [6.45, 7) is 6.30. The van der Waals surface area contributed by atoms with Crippen molar-refractivity contribution in [3.63, 3.8) is 0 Å². The quantitative estimate of drug-likeness (QED) is 0.350. The van der Waals surface area contributed by atoms with Crippen LogP contribution in [0.3, 0.4) is 0 Å². The molecular formula is C33H40N8O. The molecule has 4 aromatic rings. The highest BCUT2D eigenvalue weighted by molar-refractivity contribution is 5.75. The molecule has 4 fully saturated rings. The van der Waals surface area contributed by atoms with Gasteiger partial charge in [0.15, 0.2) is 5.82 Å². The average molecular weight is 565 g/mol. The molecule has 9 heteroatoms. The smallest absolute Gasteiger partial charge is 0.251 e. The van der Waals surface area contributed by atoms with Gasteiger partial charge in [-0.3, -0.25) is 29.7 Å². The van der Waals surface area contributed by atoms with Crippen molar-refractivity contribution in [3.8, 4) is 11.5 Å². The number of rotatable bonds is 6. The third-order valence-electron chi connectivity index (χ3n) is 10.9. The molecule has 0 radical (unpaired) electrons. The average Bonchev–Trinajstić information content (AvgIpc) is 3.40. The Morgan fingerprint density at radius 2 is 1.86 bits per heavy atom. The largest absolute Gasteiger partial charge is 0.320 e. The number of piperidine rings is 2. The van der Waals surface area contributed by atoms with E-state index >= 15 is 0 Å². The summed E-state index contributed by atoms with van der Waals surface area (Å²) in [6.07, 6.45) is 13.7. The predicted molar refractivity (Wildman–Crippen MR) is 162 cm³/mol. The van der Waals surface area contributed by atoms with Crippen molar-refractivity contribution in [2.45, 2.75) is 101 Å². The zero-order valence-corrected chi connectivity index (χ0v) is 24.6. The summed E-state index contributed by atoms with van der Waals surface area (Å²) >= 11 is 0. The van der Waals surface area contributed by atoms with Gasteiger partial charge in [0.1, 0.15) is 11.5 Å². The Bertz CT molecular complexity index is 1660. The molecule has 8 rings (SSSR count). The summed E-state index contributed by atoms with van der Waals surface area (Å²) in [5.41, 5.74) is 6.02. The number of pyridine rings is 3. The van der Waals surface area contributed by atoms with Gasteiger partial charge in [-0.15, -0.1) is 0 Å². The van der Waals surface area contributed by atoms with Gasteiger partial charge in [0.05, 0.1) is 11.0 Å². The first-order chi connectivity index (χ1) is 20.6. The van der Waals surface area contributed by atoms with Crippen LogP contribution in [0, 0.1) is 6.92 Å². The second-order valence-electron chi connectivity index (χ2n) is 12.9. The lowest BCUT2D eigenvalue weighted by molar-refractivity contribution is -0.0658. The Balaban J connectivity index is 1.11. The molecule has 0 aromatic carbocycles. The van der Waals surface area contributed by atoms with Crippen LogP contribution in [0.5, 0.6) is 0 Å². The summed E-state index contributed by atoms with van der Waals surface area (Å²) in [5.74, 6) is 2.34. The maximum atomic E-state index is 12.7. The lowest BCUT2D eigenvalue weighted by Crippen LogP contribution is -2.65. The topological polar surface area (TPSA) is 107 Å². The maximum Gasteiger partial charge on any atom is 0.251 e. The highest BCUT2D eigenvalue weighted by Gasteiger charge is 2.50. The molecule has 42 heavy (non-hydrogen) atoms. The van der Waals surface area contributed by atoms with Crippen molar-refractivity contribution < 1.29 is 0 Å². The number of nitrogens with zero attached hydrogens (tertiary/aromatic N) is 6. The lowest BCUT2D eigenvalue weighted by atomic mass is 9.68. The minimum absolute atomic E-state index is 0.0159. The molecule has 0 amide bonds. The predicted octanol–water partition coefficient (Wildman–Crippen LogP) is 4.70. The standard InChI is InChI=1S/C33H40N8O/c1-3-20-15-26-27(37-33(20)42)16-22(18-35-26)31(29-6-4-5-23-11-13-40(23)29)30-10-8-24(28-12-14-41(28)30)21-7-9-25(34-17-21)32-36-19(2)38-39-32/h7,9,15-18,23-24,28-31H,3-6,8,10-14H2,1-2H3,(H,37,42)(H,36,38,39)/t23?,24-,28?,29?,30?,31+/m1/s1. The van der Waals surface area contributed by atoms with E-state index in [-0.39, 0.29) is 5.56 Å². The van der Waals surface area contributed by atoms with Crippen molar-refractivity contribution in [2.75, 3.05) is 13.1 Å². The van der Waals surface area contributed by atoms with Crippen LogP contribution in [0.25, 0.3) is 22.6 Å². The van der Waals surface area contributed by atoms with E-state index in [1.54, 1.807) is 0 Å². The monoisotopic (exact) mass is 564 g/mol. The van der Waals surface area contributed by atoms with Gasteiger partial charge in [0, 0.05) is 67.0 Å². The van der Waals surface area contributed by atoms with Gasteiger partial charge in [0.2, 0.25) is 0 Å². The fraction of sp³-hybridized carbons (Fsp3) is 0.545. The van der Waals surface area contributed by atoms with Crippen LogP contribution >= 0.6 is 0 Å². The van der Waals surface area contributed by atoms with Crippen LogP contribution in [0.1, 0.15) is 86.2 Å². The second kappa shape index (κ2) is 10.4. The Hall–Kier alpha value is -3.43. The van der Waals surface area contributed by atoms with Crippen LogP contribution < -0.4 is 5.56 Å². The van der Waals surface area contributed by atoms with Gasteiger partial charge in [-0.2, -0.15) is 5.10 Å². The Morgan fingerprint density at radius 1 is 0.976 bits per heavy atom. The molecule has 0 spiro atoms. The third-order valence-corrected chi connectivity index (χ3v) is 10.9. The molecule has 6 atom stereocenters. The van der Waals surface area contributed by atoms with Crippen molar-refractivity contribution in [1.29, 1.82) is 0 Å². The molecule has 4 aliphatic heterocycles. The fourth-order valence-electron chi connectivity index (χ4n) is 8.58. The van der Waals surface area contributed by atoms with E-state index in [0.29, 0.717) is 42.2 Å². The van der Waals surface area contributed by atoms with Gasteiger partial charge in [-0.25, -0.2) is 4.98 Å². The number of hydrogen-bond donors (Lipinski definition) is 2. The van der Waals surface area contributed by atoms with Gasteiger partial charge in [-0.1, -0.05) is 19.4 Å². The molecule has 4 aromatic heterocycles. The third kappa shape index (κ3) is 4.31. The SMILES string of the molecule is CCc1cc2ncc([C@@H](C3CCCC4CCN43)C3CC[C@H](c4ccc(-c5n[nH]c(C)n5)nc4)C4CCN34)cc2[nH]c1=O. The number of aromatic nitrogens is 6. The summed E-state index contributed by atoms with van der Waals surface area (Å²) in [7, 11) is 0. The minimum atomic E-state index is 0.0159. The maximum absolute atomic E-state index is 12.7.